The Labute approximate surface area is 136 Å². The van der Waals surface area contributed by atoms with Crippen LogP contribution in [0.4, 0.5) is 0 Å². The van der Waals surface area contributed by atoms with E-state index < -0.39 is 5.79 Å². The molecule has 1 saturated heterocycles. The maximum Gasteiger partial charge on any atom is 0.223 e. The first kappa shape index (κ1) is 17.6. The van der Waals surface area contributed by atoms with E-state index in [1.807, 2.05) is 37.3 Å². The first-order valence-corrected chi connectivity index (χ1v) is 7.88. The Balaban J connectivity index is 1.90. The number of rotatable bonds is 6. The molecule has 2 rings (SSSR count). The van der Waals surface area contributed by atoms with Crippen LogP contribution in [-0.2, 0) is 14.3 Å². The number of benzene rings is 1. The molecule has 6 nitrogen and oxygen atoms in total. The summed E-state index contributed by atoms with van der Waals surface area (Å²) in [6, 6.07) is 9.72. The molecule has 23 heavy (non-hydrogen) atoms. The molecule has 1 amide bonds. The molecule has 1 N–H and O–H groups in total. The maximum atomic E-state index is 12.3. The van der Waals surface area contributed by atoms with Gasteiger partial charge in [0.1, 0.15) is 6.54 Å². The fourth-order valence-corrected chi connectivity index (χ4v) is 2.87. The summed E-state index contributed by atoms with van der Waals surface area (Å²) < 4.78 is 11.4. The van der Waals surface area contributed by atoms with E-state index in [4.69, 9.17) is 9.47 Å². The lowest BCUT2D eigenvalue weighted by atomic mass is 10.0. The molecule has 1 unspecified atom stereocenters. The topological polar surface area (TPSA) is 77.0 Å². The third kappa shape index (κ3) is 5.41. The summed E-state index contributed by atoms with van der Waals surface area (Å²) in [5, 5.41) is 5.87. The molecule has 0 radical (unpaired) electrons. The first-order chi connectivity index (χ1) is 10.9. The summed E-state index contributed by atoms with van der Waals surface area (Å²) in [5.41, 5.74) is 1.05. The van der Waals surface area contributed by atoms with E-state index in [0.717, 1.165) is 5.56 Å². The normalized spacial score (nSPS) is 24.7. The number of nitroso groups, excluding NO2 is 1. The van der Waals surface area contributed by atoms with Crippen molar-refractivity contribution in [1.29, 1.82) is 0 Å². The van der Waals surface area contributed by atoms with Crippen LogP contribution in [0.3, 0.4) is 0 Å². The van der Waals surface area contributed by atoms with Crippen LogP contribution < -0.4 is 5.32 Å². The van der Waals surface area contributed by atoms with Crippen LogP contribution in [0.25, 0.3) is 0 Å². The second kappa shape index (κ2) is 7.66. The Hall–Kier alpha value is -1.79. The molecule has 1 aliphatic heterocycles. The maximum absolute atomic E-state index is 12.3. The summed E-state index contributed by atoms with van der Waals surface area (Å²) in [6.45, 7) is 5.58. The molecule has 1 heterocycles. The van der Waals surface area contributed by atoms with Gasteiger partial charge in [0, 0.05) is 6.42 Å². The van der Waals surface area contributed by atoms with Crippen LogP contribution in [0.1, 0.15) is 45.2 Å². The van der Waals surface area contributed by atoms with E-state index in [0.29, 0.717) is 6.42 Å². The second-order valence-corrected chi connectivity index (χ2v) is 6.33. The zero-order valence-corrected chi connectivity index (χ0v) is 13.8. The van der Waals surface area contributed by atoms with E-state index in [2.05, 4.69) is 10.5 Å². The van der Waals surface area contributed by atoms with E-state index in [1.165, 1.54) is 0 Å². The van der Waals surface area contributed by atoms with Crippen LogP contribution >= 0.6 is 0 Å². The highest BCUT2D eigenvalue weighted by atomic mass is 16.7. The molecule has 6 heteroatoms. The lowest BCUT2D eigenvalue weighted by molar-refractivity contribution is -0.296. The number of carbonyl (C=O) groups is 1. The van der Waals surface area contributed by atoms with Gasteiger partial charge in [-0.15, -0.1) is 0 Å². The smallest absolute Gasteiger partial charge is 0.223 e. The molecule has 0 bridgehead atoms. The molecule has 1 aliphatic rings. The fourth-order valence-electron chi connectivity index (χ4n) is 2.87. The average molecular weight is 320 g/mol. The molecule has 0 aromatic heterocycles. The van der Waals surface area contributed by atoms with Crippen molar-refractivity contribution < 1.29 is 14.3 Å². The second-order valence-electron chi connectivity index (χ2n) is 6.33. The van der Waals surface area contributed by atoms with Crippen molar-refractivity contribution in [1.82, 2.24) is 5.32 Å². The summed E-state index contributed by atoms with van der Waals surface area (Å²) in [5.74, 6) is -0.897. The Morgan fingerprint density at radius 3 is 2.61 bits per heavy atom. The summed E-state index contributed by atoms with van der Waals surface area (Å²) in [6.07, 6.45) is 0.135. The highest BCUT2D eigenvalue weighted by Crippen LogP contribution is 2.28. The van der Waals surface area contributed by atoms with Gasteiger partial charge in [-0.05, 0) is 26.3 Å². The van der Waals surface area contributed by atoms with Crippen LogP contribution in [0.15, 0.2) is 35.5 Å². The van der Waals surface area contributed by atoms with E-state index in [1.54, 1.807) is 13.8 Å². The fraction of sp³-hybridized carbons (Fsp3) is 0.588. The van der Waals surface area contributed by atoms with E-state index >= 15 is 0 Å². The number of amides is 1. The van der Waals surface area contributed by atoms with Crippen LogP contribution in [0, 0.1) is 4.91 Å². The molecular formula is C17H24N2O4. The summed E-state index contributed by atoms with van der Waals surface area (Å²) in [4.78, 5) is 22.7. The van der Waals surface area contributed by atoms with Crippen molar-refractivity contribution in [2.75, 3.05) is 6.54 Å². The van der Waals surface area contributed by atoms with Gasteiger partial charge in [0.05, 0.1) is 24.7 Å². The lowest BCUT2D eigenvalue weighted by Crippen LogP contribution is -2.47. The predicted molar refractivity (Wildman–Crippen MR) is 86.7 cm³/mol. The van der Waals surface area contributed by atoms with Crippen LogP contribution in [0.5, 0.6) is 0 Å². The molecule has 0 spiro atoms. The molecule has 1 aromatic rings. The van der Waals surface area contributed by atoms with Gasteiger partial charge in [-0.1, -0.05) is 35.5 Å². The van der Waals surface area contributed by atoms with Gasteiger partial charge in [0.15, 0.2) is 5.79 Å². The summed E-state index contributed by atoms with van der Waals surface area (Å²) >= 11 is 0. The van der Waals surface area contributed by atoms with Gasteiger partial charge in [-0.25, -0.2) is 0 Å². The monoisotopic (exact) mass is 320 g/mol. The van der Waals surface area contributed by atoms with Crippen molar-refractivity contribution in [3.05, 3.63) is 40.8 Å². The van der Waals surface area contributed by atoms with Gasteiger partial charge in [0.25, 0.3) is 0 Å². The lowest BCUT2D eigenvalue weighted by Gasteiger charge is -2.40. The first-order valence-electron chi connectivity index (χ1n) is 7.88. The minimum absolute atomic E-state index is 0.0658. The van der Waals surface area contributed by atoms with E-state index in [9.17, 15) is 9.70 Å². The van der Waals surface area contributed by atoms with Crippen molar-refractivity contribution in [2.45, 2.75) is 57.6 Å². The Morgan fingerprint density at radius 1 is 1.30 bits per heavy atom. The quantitative estimate of drug-likeness (QED) is 0.818. The number of hydrogen-bond donors (Lipinski definition) is 1. The largest absolute Gasteiger partial charge is 0.350 e. The molecule has 1 aromatic carbocycles. The Morgan fingerprint density at radius 2 is 1.96 bits per heavy atom. The van der Waals surface area contributed by atoms with E-state index in [-0.39, 0.29) is 37.1 Å². The highest BCUT2D eigenvalue weighted by molar-refractivity contribution is 5.77. The molecule has 1 fully saturated rings. The Bertz CT molecular complexity index is 533. The zero-order valence-electron chi connectivity index (χ0n) is 13.8. The summed E-state index contributed by atoms with van der Waals surface area (Å²) in [7, 11) is 0. The van der Waals surface area contributed by atoms with Gasteiger partial charge in [0.2, 0.25) is 5.91 Å². The molecular weight excluding hydrogens is 296 g/mol. The average Bonchev–Trinajstić information content (AvgIpc) is 2.46. The van der Waals surface area contributed by atoms with Gasteiger partial charge in [-0.2, -0.15) is 4.91 Å². The SMILES string of the molecule is CC(NC(=O)C[C@H]1C[C@@H](CN=O)OC(C)(C)O1)c1ccccc1. The number of hydrogen-bond acceptors (Lipinski definition) is 5. The third-order valence-electron chi connectivity index (χ3n) is 3.80. The third-order valence-corrected chi connectivity index (χ3v) is 3.80. The minimum atomic E-state index is -0.816. The molecule has 3 atom stereocenters. The minimum Gasteiger partial charge on any atom is -0.350 e. The van der Waals surface area contributed by atoms with Crippen LogP contribution in [0.2, 0.25) is 0 Å². The standard InChI is InChI=1S/C17H24N2O4/c1-12(13-7-5-4-6-8-13)19-16(20)10-14-9-15(11-18-21)23-17(2,3)22-14/h4-8,12,14-15H,9-11H2,1-3H3,(H,19,20)/t12?,14-,15+/m1/s1. The zero-order chi connectivity index (χ0) is 16.9. The molecule has 0 saturated carbocycles. The highest BCUT2D eigenvalue weighted by Gasteiger charge is 2.36. The van der Waals surface area contributed by atoms with Gasteiger partial charge in [-0.3, -0.25) is 4.79 Å². The molecule has 0 aliphatic carbocycles. The number of nitrogens with zero attached hydrogens (tertiary/aromatic N) is 1. The van der Waals surface area contributed by atoms with Crippen molar-refractivity contribution >= 4 is 5.91 Å². The number of carbonyl (C=O) groups excluding carboxylic acids is 1. The molecule has 126 valence electrons. The number of ether oxygens (including phenoxy) is 2. The van der Waals surface area contributed by atoms with Gasteiger partial charge >= 0.3 is 0 Å². The Kier molecular flexibility index (Phi) is 5.85. The number of nitrogens with one attached hydrogen (secondary N) is 1. The van der Waals surface area contributed by atoms with Crippen molar-refractivity contribution in [3.63, 3.8) is 0 Å². The predicted octanol–water partition coefficient (Wildman–Crippen LogP) is 2.93. The van der Waals surface area contributed by atoms with Crippen LogP contribution in [-0.4, -0.2) is 30.4 Å². The van der Waals surface area contributed by atoms with Crippen molar-refractivity contribution in [3.8, 4) is 0 Å². The van der Waals surface area contributed by atoms with Crippen molar-refractivity contribution in [2.24, 2.45) is 5.18 Å². The van der Waals surface area contributed by atoms with Gasteiger partial charge < -0.3 is 14.8 Å².